The van der Waals surface area contributed by atoms with Crippen molar-refractivity contribution in [3.8, 4) is 10.6 Å². The number of rotatable bonds is 3. The number of thiophene rings is 1. The second-order valence-corrected chi connectivity index (χ2v) is 6.00. The highest BCUT2D eigenvalue weighted by molar-refractivity contribution is 7.13. The highest BCUT2D eigenvalue weighted by Crippen LogP contribution is 2.33. The van der Waals surface area contributed by atoms with Crippen LogP contribution in [-0.4, -0.2) is 15.0 Å². The molecule has 0 bridgehead atoms. The number of nitrogens with zero attached hydrogens (tertiary/aromatic N) is 3. The first-order valence-electron chi connectivity index (χ1n) is 7.12. The van der Waals surface area contributed by atoms with Crippen molar-refractivity contribution in [3.05, 3.63) is 53.5 Å². The van der Waals surface area contributed by atoms with Crippen molar-refractivity contribution in [1.82, 2.24) is 15.0 Å². The summed E-state index contributed by atoms with van der Waals surface area (Å²) in [6, 6.07) is 11.4. The van der Waals surface area contributed by atoms with Gasteiger partial charge >= 0.3 is 12.2 Å². The monoisotopic (exact) mass is 362 g/mol. The number of aromatic nitrogens is 3. The molecule has 126 valence electrons. The molecule has 3 aromatic heterocycles. The summed E-state index contributed by atoms with van der Waals surface area (Å²) in [5.74, 6) is -0.232. The molecule has 0 atom stereocenters. The third kappa shape index (κ3) is 3.18. The largest absolute Gasteiger partial charge is 0.433 e. The number of benzene rings is 1. The molecule has 5 nitrogen and oxygen atoms in total. The fourth-order valence-electron chi connectivity index (χ4n) is 2.22. The summed E-state index contributed by atoms with van der Waals surface area (Å²) >= 11 is 1.29. The summed E-state index contributed by atoms with van der Waals surface area (Å²) < 4.78 is 44.9. The average Bonchev–Trinajstić information content (AvgIpc) is 3.23. The van der Waals surface area contributed by atoms with Crippen LogP contribution in [0.1, 0.15) is 5.69 Å². The van der Waals surface area contributed by atoms with Crippen LogP contribution in [-0.2, 0) is 6.18 Å². The lowest BCUT2D eigenvalue weighted by Crippen LogP contribution is -2.11. The van der Waals surface area contributed by atoms with Crippen molar-refractivity contribution >= 4 is 34.4 Å². The van der Waals surface area contributed by atoms with Crippen LogP contribution in [0.2, 0.25) is 0 Å². The Balaban J connectivity index is 1.76. The van der Waals surface area contributed by atoms with Crippen molar-refractivity contribution in [2.24, 2.45) is 0 Å². The molecule has 0 aliphatic heterocycles. The highest BCUT2D eigenvalue weighted by Gasteiger charge is 2.34. The molecular formula is C16H9F3N4OS. The van der Waals surface area contributed by atoms with Gasteiger partial charge in [-0.3, -0.25) is 5.32 Å². The Morgan fingerprint density at radius 2 is 1.84 bits per heavy atom. The molecular weight excluding hydrogens is 353 g/mol. The van der Waals surface area contributed by atoms with Crippen LogP contribution in [0.25, 0.3) is 21.7 Å². The standard InChI is InChI=1S/C16H9F3N4OS/c17-16(18,19)13-8-10(12-6-3-7-25-12)20-14(22-13)23-15-21-9-4-1-2-5-11(9)24-15/h1-8H,(H,20,21,22,23). The van der Waals surface area contributed by atoms with E-state index in [4.69, 9.17) is 4.42 Å². The minimum atomic E-state index is -4.59. The van der Waals surface area contributed by atoms with E-state index in [9.17, 15) is 13.2 Å². The number of fused-ring (bicyclic) bond motifs is 1. The van der Waals surface area contributed by atoms with Gasteiger partial charge in [0.2, 0.25) is 5.95 Å². The highest BCUT2D eigenvalue weighted by atomic mass is 32.1. The number of halogens is 3. The Kier molecular flexibility index (Phi) is 3.65. The lowest BCUT2D eigenvalue weighted by atomic mass is 10.3. The molecule has 0 saturated heterocycles. The van der Waals surface area contributed by atoms with Gasteiger partial charge in [-0.25, -0.2) is 9.97 Å². The zero-order chi connectivity index (χ0) is 17.4. The van der Waals surface area contributed by atoms with E-state index in [1.807, 2.05) is 0 Å². The zero-order valence-corrected chi connectivity index (χ0v) is 13.2. The predicted molar refractivity (Wildman–Crippen MR) is 87.6 cm³/mol. The van der Waals surface area contributed by atoms with Gasteiger partial charge in [0.1, 0.15) is 5.52 Å². The molecule has 1 N–H and O–H groups in total. The minimum Gasteiger partial charge on any atom is -0.423 e. The summed E-state index contributed by atoms with van der Waals surface area (Å²) in [5.41, 5.74) is 0.228. The van der Waals surface area contributed by atoms with Crippen LogP contribution in [0.15, 0.2) is 52.3 Å². The van der Waals surface area contributed by atoms with Gasteiger partial charge in [0.15, 0.2) is 11.3 Å². The van der Waals surface area contributed by atoms with Gasteiger partial charge in [0.05, 0.1) is 10.6 Å². The van der Waals surface area contributed by atoms with Gasteiger partial charge in [-0.2, -0.15) is 18.2 Å². The molecule has 3 heterocycles. The van der Waals surface area contributed by atoms with Gasteiger partial charge < -0.3 is 4.42 Å². The van der Waals surface area contributed by atoms with Crippen LogP contribution in [0.4, 0.5) is 25.1 Å². The van der Waals surface area contributed by atoms with E-state index in [2.05, 4.69) is 20.3 Å². The number of anilines is 2. The third-order valence-electron chi connectivity index (χ3n) is 3.30. The first-order chi connectivity index (χ1) is 12.0. The third-order valence-corrected chi connectivity index (χ3v) is 4.20. The molecule has 0 amide bonds. The Hall–Kier alpha value is -2.94. The first kappa shape index (κ1) is 15.6. The summed E-state index contributed by atoms with van der Waals surface area (Å²) in [6.07, 6.45) is -4.59. The quantitative estimate of drug-likeness (QED) is 0.549. The van der Waals surface area contributed by atoms with Crippen LogP contribution in [0.3, 0.4) is 0 Å². The number of alkyl halides is 3. The van der Waals surface area contributed by atoms with E-state index in [0.29, 0.717) is 16.0 Å². The van der Waals surface area contributed by atoms with Crippen molar-refractivity contribution < 1.29 is 17.6 Å². The molecule has 25 heavy (non-hydrogen) atoms. The van der Waals surface area contributed by atoms with Crippen molar-refractivity contribution in [3.63, 3.8) is 0 Å². The van der Waals surface area contributed by atoms with E-state index in [1.165, 1.54) is 11.3 Å². The molecule has 0 aliphatic rings. The summed E-state index contributed by atoms with van der Waals surface area (Å²) in [6.45, 7) is 0. The van der Waals surface area contributed by atoms with Gasteiger partial charge in [-0.1, -0.05) is 18.2 Å². The van der Waals surface area contributed by atoms with Gasteiger partial charge in [0.25, 0.3) is 0 Å². The van der Waals surface area contributed by atoms with Crippen LogP contribution >= 0.6 is 11.3 Å². The lowest BCUT2D eigenvalue weighted by molar-refractivity contribution is -0.141. The maximum absolute atomic E-state index is 13.1. The summed E-state index contributed by atoms with van der Waals surface area (Å²) in [5, 5.41) is 4.38. The molecule has 0 spiro atoms. The Bertz CT molecular complexity index is 994. The van der Waals surface area contributed by atoms with Crippen molar-refractivity contribution in [2.75, 3.05) is 5.32 Å². The lowest BCUT2D eigenvalue weighted by Gasteiger charge is -2.09. The topological polar surface area (TPSA) is 63.8 Å². The Morgan fingerprint density at radius 3 is 2.56 bits per heavy atom. The average molecular weight is 362 g/mol. The Labute approximate surface area is 143 Å². The normalized spacial score (nSPS) is 11.8. The first-order valence-corrected chi connectivity index (χ1v) is 8.00. The van der Waals surface area contributed by atoms with Gasteiger partial charge in [-0.05, 0) is 29.6 Å². The van der Waals surface area contributed by atoms with Crippen molar-refractivity contribution in [1.29, 1.82) is 0 Å². The molecule has 4 rings (SSSR count). The fourth-order valence-corrected chi connectivity index (χ4v) is 2.91. The molecule has 1 aromatic carbocycles. The zero-order valence-electron chi connectivity index (χ0n) is 12.4. The maximum atomic E-state index is 13.1. The number of para-hydroxylation sites is 2. The molecule has 0 fully saturated rings. The summed E-state index contributed by atoms with van der Waals surface area (Å²) in [4.78, 5) is 12.4. The second-order valence-electron chi connectivity index (χ2n) is 5.05. The van der Waals surface area contributed by atoms with E-state index >= 15 is 0 Å². The number of hydrogen-bond donors (Lipinski definition) is 1. The fraction of sp³-hybridized carbons (Fsp3) is 0.0625. The Morgan fingerprint density at radius 1 is 1.00 bits per heavy atom. The minimum absolute atomic E-state index is 0.0256. The smallest absolute Gasteiger partial charge is 0.423 e. The molecule has 9 heteroatoms. The number of oxazole rings is 1. The van der Waals surface area contributed by atoms with Crippen LogP contribution in [0.5, 0.6) is 0 Å². The van der Waals surface area contributed by atoms with E-state index in [-0.39, 0.29) is 17.7 Å². The second kappa shape index (κ2) is 5.85. The van der Waals surface area contributed by atoms with E-state index in [1.54, 1.807) is 41.8 Å². The summed E-state index contributed by atoms with van der Waals surface area (Å²) in [7, 11) is 0. The molecule has 0 unspecified atom stereocenters. The molecule has 0 saturated carbocycles. The molecule has 0 radical (unpaired) electrons. The van der Waals surface area contributed by atoms with E-state index in [0.717, 1.165) is 6.07 Å². The van der Waals surface area contributed by atoms with Crippen LogP contribution < -0.4 is 5.32 Å². The SMILES string of the molecule is FC(F)(F)c1cc(-c2cccs2)nc(Nc2nc3ccccc3o2)n1. The predicted octanol–water partition coefficient (Wildman–Crippen LogP) is 5.11. The number of hydrogen-bond acceptors (Lipinski definition) is 6. The number of nitrogens with one attached hydrogen (secondary N) is 1. The van der Waals surface area contributed by atoms with E-state index < -0.39 is 11.9 Å². The van der Waals surface area contributed by atoms with Crippen molar-refractivity contribution in [2.45, 2.75) is 6.18 Å². The molecule has 0 aliphatic carbocycles. The van der Waals surface area contributed by atoms with Crippen LogP contribution in [0, 0.1) is 0 Å². The maximum Gasteiger partial charge on any atom is 0.433 e. The molecule has 4 aromatic rings. The van der Waals surface area contributed by atoms with Gasteiger partial charge in [-0.15, -0.1) is 11.3 Å². The van der Waals surface area contributed by atoms with Gasteiger partial charge in [0, 0.05) is 0 Å².